The van der Waals surface area contributed by atoms with E-state index in [1.165, 1.54) is 6.07 Å². The first-order chi connectivity index (χ1) is 7.68. The number of benzene rings is 1. The molecule has 1 heterocycles. The minimum absolute atomic E-state index is 0.210. The van der Waals surface area contributed by atoms with Gasteiger partial charge in [0, 0.05) is 19.2 Å². The number of ether oxygens (including phenoxy) is 1. The molecule has 16 heavy (non-hydrogen) atoms. The first-order valence-corrected chi connectivity index (χ1v) is 5.84. The van der Waals surface area contributed by atoms with Crippen molar-refractivity contribution < 1.29 is 9.13 Å². The van der Waals surface area contributed by atoms with E-state index in [2.05, 4.69) is 5.32 Å². The Morgan fingerprint density at radius 2 is 2.38 bits per heavy atom. The molecule has 88 valence electrons. The Kier molecular flexibility index (Phi) is 3.79. The SMILES string of the molecule is CC1OCCC1NCc1cccc(F)c1Cl. The lowest BCUT2D eigenvalue weighted by Gasteiger charge is -2.16. The van der Waals surface area contributed by atoms with Gasteiger partial charge in [-0.25, -0.2) is 4.39 Å². The molecule has 1 aliphatic heterocycles. The van der Waals surface area contributed by atoms with E-state index >= 15 is 0 Å². The van der Waals surface area contributed by atoms with E-state index in [0.717, 1.165) is 18.6 Å². The molecule has 1 aromatic rings. The fourth-order valence-electron chi connectivity index (χ4n) is 1.93. The van der Waals surface area contributed by atoms with E-state index in [1.54, 1.807) is 6.07 Å². The second-order valence-corrected chi connectivity index (χ2v) is 4.44. The highest BCUT2D eigenvalue weighted by atomic mass is 35.5. The lowest BCUT2D eigenvalue weighted by Crippen LogP contribution is -2.34. The van der Waals surface area contributed by atoms with Crippen LogP contribution in [0.25, 0.3) is 0 Å². The molecule has 0 aromatic heterocycles. The van der Waals surface area contributed by atoms with Crippen LogP contribution < -0.4 is 5.32 Å². The fraction of sp³-hybridized carbons (Fsp3) is 0.500. The molecule has 1 fully saturated rings. The highest BCUT2D eigenvalue weighted by molar-refractivity contribution is 6.31. The molecule has 1 N–H and O–H groups in total. The molecule has 2 atom stereocenters. The van der Waals surface area contributed by atoms with Gasteiger partial charge in [0.05, 0.1) is 11.1 Å². The van der Waals surface area contributed by atoms with Crippen molar-refractivity contribution >= 4 is 11.6 Å². The van der Waals surface area contributed by atoms with E-state index in [1.807, 2.05) is 13.0 Å². The van der Waals surface area contributed by atoms with Crippen LogP contribution in [-0.2, 0) is 11.3 Å². The smallest absolute Gasteiger partial charge is 0.142 e. The van der Waals surface area contributed by atoms with Crippen LogP contribution in [0.2, 0.25) is 5.02 Å². The summed E-state index contributed by atoms with van der Waals surface area (Å²) in [5.41, 5.74) is 0.792. The average Bonchev–Trinajstić information content (AvgIpc) is 2.67. The minimum atomic E-state index is -0.364. The Labute approximate surface area is 99.7 Å². The zero-order valence-electron chi connectivity index (χ0n) is 9.17. The van der Waals surface area contributed by atoms with Crippen LogP contribution in [0.1, 0.15) is 18.9 Å². The van der Waals surface area contributed by atoms with E-state index < -0.39 is 0 Å². The molecule has 2 unspecified atom stereocenters. The van der Waals surface area contributed by atoms with Gasteiger partial charge in [-0.05, 0) is 25.0 Å². The van der Waals surface area contributed by atoms with Crippen LogP contribution >= 0.6 is 11.6 Å². The molecule has 0 spiro atoms. The number of hydrogen-bond donors (Lipinski definition) is 1. The molecule has 2 rings (SSSR count). The van der Waals surface area contributed by atoms with Crippen LogP contribution in [0.15, 0.2) is 18.2 Å². The molecule has 4 heteroatoms. The van der Waals surface area contributed by atoms with E-state index in [-0.39, 0.29) is 16.9 Å². The fourth-order valence-corrected chi connectivity index (χ4v) is 2.12. The summed E-state index contributed by atoms with van der Waals surface area (Å²) in [7, 11) is 0. The van der Waals surface area contributed by atoms with Gasteiger partial charge in [-0.15, -0.1) is 0 Å². The van der Waals surface area contributed by atoms with E-state index in [0.29, 0.717) is 12.6 Å². The number of hydrogen-bond acceptors (Lipinski definition) is 2. The third-order valence-electron chi connectivity index (χ3n) is 2.96. The molecule has 0 aliphatic carbocycles. The first kappa shape index (κ1) is 11.8. The Hall–Kier alpha value is -0.640. The second-order valence-electron chi connectivity index (χ2n) is 4.06. The molecule has 0 radical (unpaired) electrons. The van der Waals surface area contributed by atoms with Gasteiger partial charge >= 0.3 is 0 Å². The Morgan fingerprint density at radius 1 is 1.56 bits per heavy atom. The first-order valence-electron chi connectivity index (χ1n) is 5.46. The van der Waals surface area contributed by atoms with Crippen LogP contribution in [0.4, 0.5) is 4.39 Å². The van der Waals surface area contributed by atoms with E-state index in [9.17, 15) is 4.39 Å². The number of rotatable bonds is 3. The summed E-state index contributed by atoms with van der Waals surface area (Å²) in [5.74, 6) is -0.364. The maximum Gasteiger partial charge on any atom is 0.142 e. The zero-order chi connectivity index (χ0) is 11.5. The van der Waals surface area contributed by atoms with Crippen molar-refractivity contribution in [3.8, 4) is 0 Å². The lowest BCUT2D eigenvalue weighted by molar-refractivity contribution is 0.113. The standard InChI is InChI=1S/C12H15ClFNO/c1-8-11(5-6-16-8)15-7-9-3-2-4-10(14)12(9)13/h2-4,8,11,15H,5-7H2,1H3. The highest BCUT2D eigenvalue weighted by Crippen LogP contribution is 2.20. The third kappa shape index (κ3) is 2.54. The Balaban J connectivity index is 1.96. The molecular formula is C12H15ClFNO. The summed E-state index contributed by atoms with van der Waals surface area (Å²) >= 11 is 5.87. The molecule has 1 aromatic carbocycles. The van der Waals surface area contributed by atoms with E-state index in [4.69, 9.17) is 16.3 Å². The van der Waals surface area contributed by atoms with Crippen molar-refractivity contribution in [3.05, 3.63) is 34.6 Å². The van der Waals surface area contributed by atoms with Gasteiger partial charge in [-0.1, -0.05) is 23.7 Å². The number of nitrogens with one attached hydrogen (secondary N) is 1. The zero-order valence-corrected chi connectivity index (χ0v) is 9.93. The average molecular weight is 244 g/mol. The predicted octanol–water partition coefficient (Wildman–Crippen LogP) is 2.75. The largest absolute Gasteiger partial charge is 0.377 e. The van der Waals surface area contributed by atoms with Gasteiger partial charge in [0.25, 0.3) is 0 Å². The summed E-state index contributed by atoms with van der Waals surface area (Å²) in [6.45, 7) is 3.41. The lowest BCUT2D eigenvalue weighted by atomic mass is 10.1. The monoisotopic (exact) mass is 243 g/mol. The van der Waals surface area contributed by atoms with Gasteiger partial charge in [-0.3, -0.25) is 0 Å². The van der Waals surface area contributed by atoms with Gasteiger partial charge in [0.1, 0.15) is 5.82 Å². The molecular weight excluding hydrogens is 229 g/mol. The normalized spacial score (nSPS) is 24.9. The topological polar surface area (TPSA) is 21.3 Å². The highest BCUT2D eigenvalue weighted by Gasteiger charge is 2.23. The Morgan fingerprint density at radius 3 is 3.06 bits per heavy atom. The summed E-state index contributed by atoms with van der Waals surface area (Å²) in [5, 5.41) is 3.55. The van der Waals surface area contributed by atoms with Crippen molar-refractivity contribution in [2.75, 3.05) is 6.61 Å². The van der Waals surface area contributed by atoms with Crippen LogP contribution in [0.5, 0.6) is 0 Å². The van der Waals surface area contributed by atoms with Crippen molar-refractivity contribution in [2.24, 2.45) is 0 Å². The number of halogens is 2. The van der Waals surface area contributed by atoms with Crippen LogP contribution in [-0.4, -0.2) is 18.8 Å². The molecule has 0 amide bonds. The molecule has 0 bridgehead atoms. The maximum absolute atomic E-state index is 13.2. The molecule has 1 aliphatic rings. The molecule has 0 saturated carbocycles. The Bertz CT molecular complexity index is 372. The summed E-state index contributed by atoms with van der Waals surface area (Å²) in [6.07, 6.45) is 1.21. The molecule has 2 nitrogen and oxygen atoms in total. The van der Waals surface area contributed by atoms with Crippen molar-refractivity contribution in [3.63, 3.8) is 0 Å². The van der Waals surface area contributed by atoms with Crippen LogP contribution in [0, 0.1) is 5.82 Å². The van der Waals surface area contributed by atoms with Gasteiger partial charge < -0.3 is 10.1 Å². The minimum Gasteiger partial charge on any atom is -0.377 e. The summed E-state index contributed by atoms with van der Waals surface area (Å²) in [6, 6.07) is 5.21. The second kappa shape index (κ2) is 5.13. The predicted molar refractivity (Wildman–Crippen MR) is 62.1 cm³/mol. The molecule has 1 saturated heterocycles. The van der Waals surface area contributed by atoms with Crippen molar-refractivity contribution in [2.45, 2.75) is 32.0 Å². The van der Waals surface area contributed by atoms with Crippen molar-refractivity contribution in [1.82, 2.24) is 5.32 Å². The third-order valence-corrected chi connectivity index (χ3v) is 3.39. The quantitative estimate of drug-likeness (QED) is 0.882. The maximum atomic E-state index is 13.2. The van der Waals surface area contributed by atoms with Crippen LogP contribution in [0.3, 0.4) is 0 Å². The van der Waals surface area contributed by atoms with Gasteiger partial charge in [0.2, 0.25) is 0 Å². The van der Waals surface area contributed by atoms with Gasteiger partial charge in [0.15, 0.2) is 0 Å². The summed E-state index contributed by atoms with van der Waals surface area (Å²) in [4.78, 5) is 0. The van der Waals surface area contributed by atoms with Gasteiger partial charge in [-0.2, -0.15) is 0 Å². The summed E-state index contributed by atoms with van der Waals surface area (Å²) < 4.78 is 18.6. The van der Waals surface area contributed by atoms with Crippen molar-refractivity contribution in [1.29, 1.82) is 0 Å².